The van der Waals surface area contributed by atoms with Gasteiger partial charge in [-0.2, -0.15) is 5.10 Å². The second-order valence-corrected chi connectivity index (χ2v) is 4.04. The number of allylic oxidation sites excluding steroid dienone is 1. The van der Waals surface area contributed by atoms with Crippen molar-refractivity contribution >= 4 is 0 Å². The molecule has 0 aliphatic heterocycles. The molecule has 0 radical (unpaired) electrons. The monoisotopic (exact) mass is 207 g/mol. The molecule has 0 saturated heterocycles. The SMILES string of the molecule is CCn1nc(C)cc1C(C=C(C)C)NC. The van der Waals surface area contributed by atoms with Crippen LogP contribution in [0.5, 0.6) is 0 Å². The molecule has 1 unspecified atom stereocenters. The normalized spacial score (nSPS) is 12.6. The topological polar surface area (TPSA) is 29.9 Å². The summed E-state index contributed by atoms with van der Waals surface area (Å²) in [7, 11) is 1.98. The van der Waals surface area contributed by atoms with Crippen LogP contribution in [-0.2, 0) is 6.54 Å². The van der Waals surface area contributed by atoms with Crippen molar-refractivity contribution in [2.24, 2.45) is 0 Å². The second kappa shape index (κ2) is 5.12. The van der Waals surface area contributed by atoms with Gasteiger partial charge >= 0.3 is 0 Å². The molecule has 0 aromatic carbocycles. The van der Waals surface area contributed by atoms with Gasteiger partial charge < -0.3 is 5.32 Å². The fourth-order valence-electron chi connectivity index (χ4n) is 1.72. The fourth-order valence-corrected chi connectivity index (χ4v) is 1.72. The summed E-state index contributed by atoms with van der Waals surface area (Å²) in [6.07, 6.45) is 2.22. The van der Waals surface area contributed by atoms with Crippen molar-refractivity contribution < 1.29 is 0 Å². The van der Waals surface area contributed by atoms with E-state index in [-0.39, 0.29) is 6.04 Å². The molecule has 3 heteroatoms. The molecule has 0 bridgehead atoms. The van der Waals surface area contributed by atoms with E-state index in [4.69, 9.17) is 0 Å². The van der Waals surface area contributed by atoms with E-state index in [1.807, 2.05) is 14.0 Å². The Morgan fingerprint density at radius 2 is 2.27 bits per heavy atom. The molecule has 1 rings (SSSR count). The Morgan fingerprint density at radius 3 is 2.73 bits per heavy atom. The molecule has 1 aromatic rings. The molecule has 0 fully saturated rings. The summed E-state index contributed by atoms with van der Waals surface area (Å²) in [5.41, 5.74) is 3.63. The van der Waals surface area contributed by atoms with Crippen molar-refractivity contribution in [3.63, 3.8) is 0 Å². The molecular weight excluding hydrogens is 186 g/mol. The first-order chi connectivity index (χ1) is 7.08. The van der Waals surface area contributed by atoms with E-state index in [0.29, 0.717) is 0 Å². The highest BCUT2D eigenvalue weighted by molar-refractivity contribution is 5.19. The number of rotatable bonds is 4. The minimum Gasteiger partial charge on any atom is -0.309 e. The Balaban J connectivity index is 3.05. The number of nitrogens with zero attached hydrogens (tertiary/aromatic N) is 2. The summed E-state index contributed by atoms with van der Waals surface area (Å²) in [6, 6.07) is 2.40. The van der Waals surface area contributed by atoms with Crippen molar-refractivity contribution in [1.29, 1.82) is 0 Å². The molecule has 0 aliphatic carbocycles. The van der Waals surface area contributed by atoms with E-state index in [9.17, 15) is 0 Å². The lowest BCUT2D eigenvalue weighted by molar-refractivity contribution is 0.568. The van der Waals surface area contributed by atoms with E-state index >= 15 is 0 Å². The quantitative estimate of drug-likeness (QED) is 0.768. The van der Waals surface area contributed by atoms with Gasteiger partial charge in [-0.25, -0.2) is 0 Å². The molecule has 3 nitrogen and oxygen atoms in total. The summed E-state index contributed by atoms with van der Waals surface area (Å²) < 4.78 is 2.05. The fraction of sp³-hybridized carbons (Fsp3) is 0.583. The molecule has 1 N–H and O–H groups in total. The van der Waals surface area contributed by atoms with Gasteiger partial charge in [0.15, 0.2) is 0 Å². The molecule has 1 heterocycles. The summed E-state index contributed by atoms with van der Waals surface area (Å²) >= 11 is 0. The maximum atomic E-state index is 4.45. The third-order valence-electron chi connectivity index (χ3n) is 2.36. The van der Waals surface area contributed by atoms with Gasteiger partial charge in [0.1, 0.15) is 0 Å². The summed E-state index contributed by atoms with van der Waals surface area (Å²) in [6.45, 7) is 9.29. The van der Waals surface area contributed by atoms with Crippen LogP contribution in [0.4, 0.5) is 0 Å². The van der Waals surface area contributed by atoms with Gasteiger partial charge in [-0.1, -0.05) is 11.6 Å². The first-order valence-electron chi connectivity index (χ1n) is 5.45. The van der Waals surface area contributed by atoms with Crippen LogP contribution >= 0.6 is 0 Å². The second-order valence-electron chi connectivity index (χ2n) is 4.04. The lowest BCUT2D eigenvalue weighted by Gasteiger charge is -2.14. The summed E-state index contributed by atoms with van der Waals surface area (Å²) in [5.74, 6) is 0. The molecular formula is C12H21N3. The third kappa shape index (κ3) is 2.93. The van der Waals surface area contributed by atoms with Crippen molar-refractivity contribution in [2.45, 2.75) is 40.3 Å². The third-order valence-corrected chi connectivity index (χ3v) is 2.36. The molecule has 0 amide bonds. The predicted octanol–water partition coefficient (Wildman–Crippen LogP) is 2.44. The van der Waals surface area contributed by atoms with Crippen molar-refractivity contribution in [1.82, 2.24) is 15.1 Å². The van der Waals surface area contributed by atoms with E-state index in [2.05, 4.69) is 48.0 Å². The zero-order valence-corrected chi connectivity index (χ0v) is 10.3. The van der Waals surface area contributed by atoms with Crippen molar-refractivity contribution in [3.05, 3.63) is 29.1 Å². The molecule has 0 saturated carbocycles. The average Bonchev–Trinajstić information content (AvgIpc) is 2.55. The van der Waals surface area contributed by atoms with Gasteiger partial charge in [-0.15, -0.1) is 0 Å². The highest BCUT2D eigenvalue weighted by atomic mass is 15.3. The van der Waals surface area contributed by atoms with Crippen LogP contribution in [0, 0.1) is 6.92 Å². The Bertz CT molecular complexity index is 346. The van der Waals surface area contributed by atoms with Gasteiger partial charge in [0, 0.05) is 6.54 Å². The standard InChI is InChI=1S/C12H21N3/c1-6-15-12(8-10(4)14-15)11(13-5)7-9(2)3/h7-8,11,13H,6H2,1-5H3. The summed E-state index contributed by atoms with van der Waals surface area (Å²) in [4.78, 5) is 0. The van der Waals surface area contributed by atoms with Crippen LogP contribution < -0.4 is 5.32 Å². The minimum absolute atomic E-state index is 0.260. The minimum atomic E-state index is 0.260. The Labute approximate surface area is 92.2 Å². The Morgan fingerprint density at radius 1 is 1.60 bits per heavy atom. The molecule has 0 aliphatic rings. The van der Waals surface area contributed by atoms with Crippen molar-refractivity contribution in [2.75, 3.05) is 7.05 Å². The zero-order chi connectivity index (χ0) is 11.4. The van der Waals surface area contributed by atoms with E-state index in [0.717, 1.165) is 12.2 Å². The van der Waals surface area contributed by atoms with Crippen molar-refractivity contribution in [3.8, 4) is 0 Å². The molecule has 0 spiro atoms. The maximum Gasteiger partial charge on any atom is 0.0678 e. The summed E-state index contributed by atoms with van der Waals surface area (Å²) in [5, 5.41) is 7.75. The van der Waals surface area contributed by atoms with E-state index < -0.39 is 0 Å². The van der Waals surface area contributed by atoms with Gasteiger partial charge in [-0.3, -0.25) is 4.68 Å². The van der Waals surface area contributed by atoms with Gasteiger partial charge in [0.05, 0.1) is 17.4 Å². The average molecular weight is 207 g/mol. The Kier molecular flexibility index (Phi) is 4.09. The predicted molar refractivity (Wildman–Crippen MR) is 63.9 cm³/mol. The number of nitrogens with one attached hydrogen (secondary N) is 1. The van der Waals surface area contributed by atoms with E-state index in [1.54, 1.807) is 0 Å². The van der Waals surface area contributed by atoms with E-state index in [1.165, 1.54) is 11.3 Å². The number of hydrogen-bond acceptors (Lipinski definition) is 2. The van der Waals surface area contributed by atoms with Crippen LogP contribution in [0.25, 0.3) is 0 Å². The van der Waals surface area contributed by atoms with Crippen LogP contribution in [0.1, 0.15) is 38.2 Å². The van der Waals surface area contributed by atoms with Gasteiger partial charge in [0.25, 0.3) is 0 Å². The van der Waals surface area contributed by atoms with Crippen LogP contribution in [0.3, 0.4) is 0 Å². The molecule has 84 valence electrons. The lowest BCUT2D eigenvalue weighted by atomic mass is 10.1. The highest BCUT2D eigenvalue weighted by Gasteiger charge is 2.12. The molecule has 15 heavy (non-hydrogen) atoms. The zero-order valence-electron chi connectivity index (χ0n) is 10.3. The van der Waals surface area contributed by atoms with Crippen LogP contribution in [0.15, 0.2) is 17.7 Å². The number of likely N-dealkylation sites (N-methyl/N-ethyl adjacent to an activating group) is 1. The first kappa shape index (κ1) is 12.0. The van der Waals surface area contributed by atoms with Gasteiger partial charge in [0.2, 0.25) is 0 Å². The number of hydrogen-bond donors (Lipinski definition) is 1. The lowest BCUT2D eigenvalue weighted by Crippen LogP contribution is -2.18. The molecule has 1 aromatic heterocycles. The highest BCUT2D eigenvalue weighted by Crippen LogP contribution is 2.17. The largest absolute Gasteiger partial charge is 0.309 e. The number of aromatic nitrogens is 2. The first-order valence-corrected chi connectivity index (χ1v) is 5.45. The Hall–Kier alpha value is -1.09. The van der Waals surface area contributed by atoms with Crippen LogP contribution in [0.2, 0.25) is 0 Å². The maximum absolute atomic E-state index is 4.45. The number of aryl methyl sites for hydroxylation is 2. The smallest absolute Gasteiger partial charge is 0.0678 e. The molecule has 1 atom stereocenters. The van der Waals surface area contributed by atoms with Gasteiger partial charge in [-0.05, 0) is 40.8 Å². The van der Waals surface area contributed by atoms with Crippen LogP contribution in [-0.4, -0.2) is 16.8 Å².